The van der Waals surface area contributed by atoms with Crippen LogP contribution in [0, 0.1) is 0 Å². The Hall–Kier alpha value is 0.770. The topological polar surface area (TPSA) is 0 Å². The predicted octanol–water partition coefficient (Wildman–Crippen LogP) is 5.17. The van der Waals surface area contributed by atoms with Crippen molar-refractivity contribution in [3.05, 3.63) is 0 Å². The van der Waals surface area contributed by atoms with Gasteiger partial charge < -0.3 is 0 Å². The molecule has 0 amide bonds. The molecule has 0 aromatic rings. The molecule has 0 nitrogen and oxygen atoms in total. The van der Waals surface area contributed by atoms with Crippen LogP contribution in [0.1, 0.15) is 41.5 Å². The van der Waals surface area contributed by atoms with Crippen LogP contribution in [0.15, 0.2) is 0 Å². The van der Waals surface area contributed by atoms with E-state index in [-0.39, 0.29) is 17.0 Å². The highest BCUT2D eigenvalue weighted by Gasteiger charge is 2.65. The summed E-state index contributed by atoms with van der Waals surface area (Å²) in [6, 6.07) is 0. The van der Waals surface area contributed by atoms with Gasteiger partial charge in [0.05, 0.1) is 17.0 Å². The van der Waals surface area contributed by atoms with Gasteiger partial charge in [-0.2, -0.15) is 8.78 Å². The van der Waals surface area contributed by atoms with E-state index >= 15 is 0 Å². The summed E-state index contributed by atoms with van der Waals surface area (Å²) in [5.41, 5.74) is 0.158. The molecule has 0 unspecified atom stereocenters. The highest BCUT2D eigenvalue weighted by atomic mass is 79.9. The van der Waals surface area contributed by atoms with Gasteiger partial charge in [0.15, 0.2) is 0 Å². The zero-order chi connectivity index (χ0) is 11.7. The molecule has 0 saturated carbocycles. The maximum absolute atomic E-state index is 13.8. The molecule has 0 saturated heterocycles. The molecule has 0 aliphatic carbocycles. The van der Waals surface area contributed by atoms with Crippen LogP contribution in [0.2, 0.25) is 0 Å². The zero-order valence-electron chi connectivity index (χ0n) is 9.81. The van der Waals surface area contributed by atoms with Crippen LogP contribution < -0.4 is 0 Å². The standard InChI is InChI=1S/C10H21BrF2P/c1-7(2)14(8(3)4,9(5)6)10(11,12)13/h7-9H,1-6H3/q+1. The van der Waals surface area contributed by atoms with Gasteiger partial charge in [-0.3, -0.25) is 0 Å². The summed E-state index contributed by atoms with van der Waals surface area (Å²) in [7, 11) is -2.31. The van der Waals surface area contributed by atoms with Gasteiger partial charge in [0.1, 0.15) is 7.26 Å². The maximum atomic E-state index is 13.8. The Morgan fingerprint density at radius 3 is 1.07 bits per heavy atom. The fourth-order valence-electron chi connectivity index (χ4n) is 2.67. The Morgan fingerprint density at radius 2 is 1.07 bits per heavy atom. The molecule has 0 fully saturated rings. The van der Waals surface area contributed by atoms with Gasteiger partial charge in [0.25, 0.3) is 0 Å². The van der Waals surface area contributed by atoms with E-state index in [1.165, 1.54) is 0 Å². The molecule has 0 aliphatic heterocycles. The third-order valence-corrected chi connectivity index (χ3v) is 10.9. The van der Waals surface area contributed by atoms with Crippen LogP contribution >= 0.6 is 23.2 Å². The second-order valence-corrected chi connectivity index (χ2v) is 11.5. The van der Waals surface area contributed by atoms with E-state index < -0.39 is 11.8 Å². The van der Waals surface area contributed by atoms with Crippen molar-refractivity contribution in [3.8, 4) is 0 Å². The smallest absolute Gasteiger partial charge is 0.156 e. The normalized spacial score (nSPS) is 14.6. The molecule has 0 atom stereocenters. The van der Waals surface area contributed by atoms with Crippen LogP contribution in [-0.2, 0) is 0 Å². The lowest BCUT2D eigenvalue weighted by Crippen LogP contribution is -2.33. The summed E-state index contributed by atoms with van der Waals surface area (Å²) in [6.07, 6.45) is 0. The van der Waals surface area contributed by atoms with Gasteiger partial charge in [-0.1, -0.05) is 0 Å². The first-order valence-electron chi connectivity index (χ1n) is 5.03. The first-order valence-corrected chi connectivity index (χ1v) is 7.82. The van der Waals surface area contributed by atoms with E-state index in [0.29, 0.717) is 0 Å². The van der Waals surface area contributed by atoms with Gasteiger partial charge >= 0.3 is 4.57 Å². The lowest BCUT2D eigenvalue weighted by molar-refractivity contribution is 0.204. The molecule has 0 N–H and O–H groups in total. The van der Waals surface area contributed by atoms with Crippen LogP contribution in [0.4, 0.5) is 8.78 Å². The van der Waals surface area contributed by atoms with Gasteiger partial charge in [-0.15, -0.1) is 0 Å². The summed E-state index contributed by atoms with van der Waals surface area (Å²) >= 11 is 2.62. The molecule has 0 aromatic carbocycles. The van der Waals surface area contributed by atoms with E-state index in [1.807, 2.05) is 41.5 Å². The summed E-state index contributed by atoms with van der Waals surface area (Å²) in [5, 5.41) is 0. The average molecular weight is 290 g/mol. The molecular formula is C10H21BrF2P+. The molecule has 0 radical (unpaired) electrons. The summed E-state index contributed by atoms with van der Waals surface area (Å²) in [5.74, 6) is 0. The Morgan fingerprint density at radius 1 is 0.857 bits per heavy atom. The van der Waals surface area contributed by atoms with Gasteiger partial charge in [0, 0.05) is 15.9 Å². The van der Waals surface area contributed by atoms with E-state index in [9.17, 15) is 8.78 Å². The van der Waals surface area contributed by atoms with E-state index in [4.69, 9.17) is 0 Å². The lowest BCUT2D eigenvalue weighted by Gasteiger charge is -2.40. The summed E-state index contributed by atoms with van der Waals surface area (Å²) < 4.78 is 24.8. The van der Waals surface area contributed by atoms with Crippen molar-refractivity contribution in [2.45, 2.75) is 63.1 Å². The van der Waals surface area contributed by atoms with Gasteiger partial charge in [-0.05, 0) is 41.5 Å². The molecule has 0 bridgehead atoms. The van der Waals surface area contributed by atoms with Gasteiger partial charge in [-0.25, -0.2) is 0 Å². The second kappa shape index (κ2) is 4.74. The number of hydrogen-bond acceptors (Lipinski definition) is 0. The van der Waals surface area contributed by atoms with Crippen molar-refractivity contribution < 1.29 is 8.78 Å². The number of halogens is 3. The van der Waals surface area contributed by atoms with Crippen molar-refractivity contribution in [2.75, 3.05) is 0 Å². The van der Waals surface area contributed by atoms with Crippen molar-refractivity contribution >= 4 is 23.2 Å². The predicted molar refractivity (Wildman–Crippen MR) is 66.2 cm³/mol. The Labute approximate surface area is 95.3 Å². The Bertz CT molecular complexity index is 163. The minimum Gasteiger partial charge on any atom is -0.156 e. The van der Waals surface area contributed by atoms with Crippen LogP contribution in [0.5, 0.6) is 0 Å². The monoisotopic (exact) mass is 289 g/mol. The van der Waals surface area contributed by atoms with Crippen molar-refractivity contribution in [1.29, 1.82) is 0 Å². The third-order valence-electron chi connectivity index (χ3n) is 3.00. The molecule has 86 valence electrons. The third kappa shape index (κ3) is 2.29. The molecule has 0 aromatic heterocycles. The molecule has 0 spiro atoms. The first kappa shape index (κ1) is 14.8. The molecule has 0 heterocycles. The lowest BCUT2D eigenvalue weighted by atomic mass is 10.5. The molecule has 0 rings (SSSR count). The summed E-state index contributed by atoms with van der Waals surface area (Å²) in [4.78, 5) is 0. The Kier molecular flexibility index (Phi) is 5.00. The SMILES string of the molecule is CC(C)[P+](C(C)C)(C(C)C)C(F)(F)Br. The minimum absolute atomic E-state index is 0.0527. The molecular weight excluding hydrogens is 269 g/mol. The van der Waals surface area contributed by atoms with Crippen LogP contribution in [0.3, 0.4) is 0 Å². The fourth-order valence-corrected chi connectivity index (χ4v) is 11.7. The number of alkyl halides is 3. The Balaban J connectivity index is 5.40. The van der Waals surface area contributed by atoms with E-state index in [2.05, 4.69) is 15.9 Å². The fraction of sp³-hybridized carbons (Fsp3) is 1.00. The van der Waals surface area contributed by atoms with E-state index in [1.54, 1.807) is 0 Å². The molecule has 0 aliphatic rings. The van der Waals surface area contributed by atoms with Crippen LogP contribution in [0.25, 0.3) is 0 Å². The molecule has 14 heavy (non-hydrogen) atoms. The van der Waals surface area contributed by atoms with Crippen molar-refractivity contribution in [3.63, 3.8) is 0 Å². The van der Waals surface area contributed by atoms with E-state index in [0.717, 1.165) is 0 Å². The quantitative estimate of drug-likeness (QED) is 0.494. The highest BCUT2D eigenvalue weighted by Crippen LogP contribution is 2.81. The van der Waals surface area contributed by atoms with Crippen molar-refractivity contribution in [2.24, 2.45) is 0 Å². The number of rotatable bonds is 4. The van der Waals surface area contributed by atoms with Crippen molar-refractivity contribution in [1.82, 2.24) is 0 Å². The highest BCUT2D eigenvalue weighted by molar-refractivity contribution is 9.11. The first-order chi connectivity index (χ1) is 6.08. The second-order valence-electron chi connectivity index (χ2n) is 4.58. The number of hydrogen-bond donors (Lipinski definition) is 0. The maximum Gasteiger partial charge on any atom is 0.409 e. The largest absolute Gasteiger partial charge is 0.409 e. The zero-order valence-corrected chi connectivity index (χ0v) is 12.3. The average Bonchev–Trinajstić information content (AvgIpc) is 1.79. The summed E-state index contributed by atoms with van der Waals surface area (Å²) in [6.45, 7) is 11.5. The van der Waals surface area contributed by atoms with Crippen LogP contribution in [-0.4, -0.2) is 21.5 Å². The van der Waals surface area contributed by atoms with Gasteiger partial charge in [0.2, 0.25) is 0 Å². The molecule has 4 heteroatoms. The minimum atomic E-state index is -2.70.